The minimum Gasteiger partial charge on any atom is -0.364 e. The van der Waals surface area contributed by atoms with Crippen LogP contribution in [0.2, 0.25) is 0 Å². The lowest BCUT2D eigenvalue weighted by Crippen LogP contribution is -2.46. The quantitative estimate of drug-likeness (QED) is 0.140. The Morgan fingerprint density at radius 3 is 1.85 bits per heavy atom. The van der Waals surface area contributed by atoms with Gasteiger partial charge in [0, 0.05) is 32.7 Å². The molecule has 1 N–H and O–H groups in total. The van der Waals surface area contributed by atoms with Gasteiger partial charge in [-0.1, -0.05) is 97.3 Å². The smallest absolute Gasteiger partial charge is 0.353 e. The second-order valence-electron chi connectivity index (χ2n) is 9.60. The van der Waals surface area contributed by atoms with Gasteiger partial charge in [-0.3, -0.25) is 10.1 Å². The van der Waals surface area contributed by atoms with Crippen LogP contribution in [0.1, 0.15) is 104 Å². The van der Waals surface area contributed by atoms with Crippen LogP contribution in [-0.2, 0) is 0 Å². The van der Waals surface area contributed by atoms with Gasteiger partial charge in [0.05, 0.1) is 4.92 Å². The Balaban J connectivity index is 1.59. The van der Waals surface area contributed by atoms with Gasteiger partial charge >= 0.3 is 5.69 Å². The van der Waals surface area contributed by atoms with E-state index in [1.165, 1.54) is 83.4 Å². The van der Waals surface area contributed by atoms with E-state index in [1.54, 1.807) is 0 Å². The van der Waals surface area contributed by atoms with Crippen molar-refractivity contribution in [2.45, 2.75) is 104 Å². The zero-order valence-electron chi connectivity index (χ0n) is 21.8. The SMILES string of the molecule is CCCCCCCCCCCCCCCCNc1ncnc(N2CCN(CC)CC2)c1[N+](=O)[O-]. The number of unbranched alkanes of at least 4 members (excludes halogenated alkanes) is 13. The van der Waals surface area contributed by atoms with E-state index in [0.29, 0.717) is 18.2 Å². The van der Waals surface area contributed by atoms with Crippen LogP contribution in [0.5, 0.6) is 0 Å². The molecule has 0 saturated carbocycles. The topological polar surface area (TPSA) is 87.4 Å². The average Bonchev–Trinajstić information content (AvgIpc) is 2.86. The summed E-state index contributed by atoms with van der Waals surface area (Å²) < 4.78 is 0. The van der Waals surface area contributed by atoms with Crippen LogP contribution in [0.15, 0.2) is 6.33 Å². The average molecular weight is 477 g/mol. The molecule has 2 rings (SSSR count). The first-order valence-corrected chi connectivity index (χ1v) is 13.9. The monoisotopic (exact) mass is 476 g/mol. The molecule has 34 heavy (non-hydrogen) atoms. The number of aromatic nitrogens is 2. The van der Waals surface area contributed by atoms with Gasteiger partial charge in [-0.2, -0.15) is 0 Å². The van der Waals surface area contributed by atoms with E-state index < -0.39 is 0 Å². The van der Waals surface area contributed by atoms with E-state index >= 15 is 0 Å². The van der Waals surface area contributed by atoms with Crippen LogP contribution in [0.25, 0.3) is 0 Å². The minimum atomic E-state index is -0.338. The third-order valence-corrected chi connectivity index (χ3v) is 6.93. The van der Waals surface area contributed by atoms with E-state index in [1.807, 2.05) is 4.90 Å². The largest absolute Gasteiger partial charge is 0.364 e. The molecule has 0 amide bonds. The molecule has 1 aliphatic rings. The maximum atomic E-state index is 11.8. The van der Waals surface area contributed by atoms with Gasteiger partial charge in [0.2, 0.25) is 11.6 Å². The summed E-state index contributed by atoms with van der Waals surface area (Å²) in [4.78, 5) is 24.3. The van der Waals surface area contributed by atoms with Crippen molar-refractivity contribution in [3.8, 4) is 0 Å². The number of hydrogen-bond donors (Lipinski definition) is 1. The molecule has 1 aromatic rings. The molecule has 0 aliphatic carbocycles. The number of anilines is 2. The fourth-order valence-corrected chi connectivity index (χ4v) is 4.70. The Morgan fingerprint density at radius 1 is 0.824 bits per heavy atom. The van der Waals surface area contributed by atoms with Crippen LogP contribution in [0.3, 0.4) is 0 Å². The maximum Gasteiger partial charge on any atom is 0.353 e. The van der Waals surface area contributed by atoms with E-state index in [0.717, 1.165) is 45.6 Å². The Morgan fingerprint density at radius 2 is 1.35 bits per heavy atom. The maximum absolute atomic E-state index is 11.8. The predicted molar refractivity (Wildman–Crippen MR) is 142 cm³/mol. The third-order valence-electron chi connectivity index (χ3n) is 6.93. The first-order chi connectivity index (χ1) is 16.7. The summed E-state index contributed by atoms with van der Waals surface area (Å²) >= 11 is 0. The van der Waals surface area contributed by atoms with Gasteiger partial charge < -0.3 is 15.1 Å². The second kappa shape index (κ2) is 17.5. The normalized spacial score (nSPS) is 14.5. The van der Waals surface area contributed by atoms with Crippen molar-refractivity contribution >= 4 is 17.3 Å². The number of nitrogens with one attached hydrogen (secondary N) is 1. The highest BCUT2D eigenvalue weighted by atomic mass is 16.6. The summed E-state index contributed by atoms with van der Waals surface area (Å²) in [6.45, 7) is 9.44. The number of piperazine rings is 1. The highest BCUT2D eigenvalue weighted by Gasteiger charge is 2.28. The van der Waals surface area contributed by atoms with E-state index in [-0.39, 0.29) is 10.6 Å². The summed E-state index contributed by atoms with van der Waals surface area (Å²) in [5.41, 5.74) is 0.0119. The van der Waals surface area contributed by atoms with E-state index in [9.17, 15) is 10.1 Å². The van der Waals surface area contributed by atoms with Crippen molar-refractivity contribution in [2.75, 3.05) is 49.5 Å². The van der Waals surface area contributed by atoms with Crippen LogP contribution in [0.4, 0.5) is 17.3 Å². The molecule has 1 fully saturated rings. The lowest BCUT2D eigenvalue weighted by Gasteiger charge is -2.34. The summed E-state index contributed by atoms with van der Waals surface area (Å²) in [6.07, 6.45) is 19.9. The van der Waals surface area contributed by atoms with Crippen molar-refractivity contribution in [1.82, 2.24) is 14.9 Å². The molecule has 194 valence electrons. The van der Waals surface area contributed by atoms with Gasteiger partial charge in [0.25, 0.3) is 0 Å². The van der Waals surface area contributed by atoms with Gasteiger partial charge in [-0.05, 0) is 13.0 Å². The van der Waals surface area contributed by atoms with Gasteiger partial charge in [0.1, 0.15) is 6.33 Å². The molecule has 0 aromatic carbocycles. The summed E-state index contributed by atoms with van der Waals surface area (Å²) in [5.74, 6) is 0.793. The van der Waals surface area contributed by atoms with Crippen LogP contribution < -0.4 is 10.2 Å². The second-order valence-corrected chi connectivity index (χ2v) is 9.60. The third kappa shape index (κ3) is 10.5. The number of nitrogens with zero attached hydrogens (tertiary/aromatic N) is 5. The lowest BCUT2D eigenvalue weighted by molar-refractivity contribution is -0.383. The molecule has 0 bridgehead atoms. The zero-order valence-corrected chi connectivity index (χ0v) is 21.8. The molecule has 1 saturated heterocycles. The summed E-state index contributed by atoms with van der Waals surface area (Å²) in [5, 5.41) is 15.0. The van der Waals surface area contributed by atoms with Crippen molar-refractivity contribution in [2.24, 2.45) is 0 Å². The number of hydrogen-bond acceptors (Lipinski definition) is 7. The van der Waals surface area contributed by atoms with Crippen LogP contribution in [0, 0.1) is 10.1 Å². The summed E-state index contributed by atoms with van der Waals surface area (Å²) in [7, 11) is 0. The molecule has 8 heteroatoms. The molecule has 8 nitrogen and oxygen atoms in total. The Kier molecular flexibility index (Phi) is 14.5. The van der Waals surface area contributed by atoms with Crippen LogP contribution >= 0.6 is 0 Å². The Bertz CT molecular complexity index is 679. The Labute approximate surface area is 207 Å². The fraction of sp³-hybridized carbons (Fsp3) is 0.846. The van der Waals surface area contributed by atoms with Gasteiger partial charge in [0.15, 0.2) is 0 Å². The first kappa shape index (κ1) is 28.3. The highest BCUT2D eigenvalue weighted by molar-refractivity contribution is 5.70. The molecule has 1 aromatic heterocycles. The highest BCUT2D eigenvalue weighted by Crippen LogP contribution is 2.32. The van der Waals surface area contributed by atoms with Crippen molar-refractivity contribution in [3.05, 3.63) is 16.4 Å². The van der Waals surface area contributed by atoms with Gasteiger partial charge in [-0.15, -0.1) is 0 Å². The summed E-state index contributed by atoms with van der Waals surface area (Å²) in [6, 6.07) is 0. The van der Waals surface area contributed by atoms with Crippen molar-refractivity contribution in [1.29, 1.82) is 0 Å². The van der Waals surface area contributed by atoms with Crippen molar-refractivity contribution in [3.63, 3.8) is 0 Å². The van der Waals surface area contributed by atoms with Gasteiger partial charge in [-0.25, -0.2) is 9.97 Å². The fourth-order valence-electron chi connectivity index (χ4n) is 4.70. The zero-order chi connectivity index (χ0) is 24.4. The molecule has 0 atom stereocenters. The standard InChI is InChI=1S/C26H48N6O2/c1-3-5-6-7-8-9-10-11-12-13-14-15-16-17-18-27-25-24(32(33)34)26(29-23-28-25)31-21-19-30(4-2)20-22-31/h23H,3-22H2,1-2H3,(H,27,28,29). The number of likely N-dealkylation sites (N-methyl/N-ethyl adjacent to an activating group) is 1. The minimum absolute atomic E-state index is 0.0119. The molecular formula is C26H48N6O2. The lowest BCUT2D eigenvalue weighted by atomic mass is 10.0. The van der Waals surface area contributed by atoms with Crippen molar-refractivity contribution < 1.29 is 4.92 Å². The molecule has 0 radical (unpaired) electrons. The van der Waals surface area contributed by atoms with Crippen LogP contribution in [-0.4, -0.2) is 59.1 Å². The molecule has 2 heterocycles. The molecular weight excluding hydrogens is 428 g/mol. The molecule has 0 spiro atoms. The number of nitro groups is 1. The predicted octanol–water partition coefficient (Wildman–Crippen LogP) is 6.42. The Hall–Kier alpha value is -1.96. The number of rotatable bonds is 19. The first-order valence-electron chi connectivity index (χ1n) is 13.9. The van der Waals surface area contributed by atoms with E-state index in [2.05, 4.69) is 34.0 Å². The molecule has 0 unspecified atom stereocenters. The molecule has 1 aliphatic heterocycles. The van der Waals surface area contributed by atoms with E-state index in [4.69, 9.17) is 0 Å².